The first-order valence-electron chi connectivity index (χ1n) is 9.15. The lowest BCUT2D eigenvalue weighted by Gasteiger charge is -2.38. The Morgan fingerprint density at radius 2 is 1.75 bits per heavy atom. The molecule has 1 aromatic rings. The van der Waals surface area contributed by atoms with Crippen LogP contribution in [0.1, 0.15) is 30.1 Å². The van der Waals surface area contributed by atoms with Crippen molar-refractivity contribution in [3.63, 3.8) is 0 Å². The van der Waals surface area contributed by atoms with E-state index in [-0.39, 0.29) is 42.4 Å². The van der Waals surface area contributed by atoms with Crippen LogP contribution in [0.15, 0.2) is 18.2 Å². The van der Waals surface area contributed by atoms with Gasteiger partial charge >= 0.3 is 0 Å². The van der Waals surface area contributed by atoms with Crippen molar-refractivity contribution in [3.05, 3.63) is 29.6 Å². The Balaban J connectivity index is 0.00000196. The molecule has 28 heavy (non-hydrogen) atoms. The molecule has 158 valence electrons. The van der Waals surface area contributed by atoms with Crippen LogP contribution in [-0.2, 0) is 9.53 Å². The van der Waals surface area contributed by atoms with Crippen molar-refractivity contribution in [1.29, 1.82) is 0 Å². The first-order valence-corrected chi connectivity index (χ1v) is 9.15. The monoisotopic (exact) mass is 435 g/mol. The van der Waals surface area contributed by atoms with E-state index in [2.05, 4.69) is 0 Å². The molecule has 2 aliphatic rings. The minimum Gasteiger partial charge on any atom is -0.381 e. The fourth-order valence-electron chi connectivity index (χ4n) is 3.64. The summed E-state index contributed by atoms with van der Waals surface area (Å²) in [6, 6.07) is 4.06. The van der Waals surface area contributed by atoms with Gasteiger partial charge in [-0.15, -0.1) is 24.8 Å². The number of hydrogen-bond donors (Lipinski definition) is 1. The number of carbonyl (C=O) groups excluding carboxylic acids is 2. The van der Waals surface area contributed by atoms with E-state index in [9.17, 15) is 14.0 Å². The van der Waals surface area contributed by atoms with Gasteiger partial charge in [0, 0.05) is 45.0 Å². The highest BCUT2D eigenvalue weighted by Crippen LogP contribution is 2.24. The molecule has 2 aliphatic heterocycles. The molecule has 1 amide bonds. The van der Waals surface area contributed by atoms with Gasteiger partial charge < -0.3 is 20.3 Å². The fourth-order valence-corrected chi connectivity index (χ4v) is 3.64. The average Bonchev–Trinajstić information content (AvgIpc) is 2.67. The Bertz CT molecular complexity index is 678. The van der Waals surface area contributed by atoms with Gasteiger partial charge in [0.25, 0.3) is 0 Å². The van der Waals surface area contributed by atoms with Crippen LogP contribution in [0.5, 0.6) is 0 Å². The largest absolute Gasteiger partial charge is 0.381 e. The van der Waals surface area contributed by atoms with Gasteiger partial charge in [-0.2, -0.15) is 0 Å². The predicted molar refractivity (Wildman–Crippen MR) is 111 cm³/mol. The number of nitrogens with zero attached hydrogens (tertiary/aromatic N) is 2. The summed E-state index contributed by atoms with van der Waals surface area (Å²) in [6.45, 7) is 4.86. The Hall–Kier alpha value is -1.41. The highest BCUT2D eigenvalue weighted by molar-refractivity contribution is 5.94. The van der Waals surface area contributed by atoms with Crippen LogP contribution in [0.2, 0.25) is 0 Å². The maximum absolute atomic E-state index is 14.3. The summed E-state index contributed by atoms with van der Waals surface area (Å²) in [6.07, 6.45) is 1.64. The molecule has 9 heteroatoms. The second-order valence-corrected chi connectivity index (χ2v) is 7.01. The molecular formula is C19H28Cl2FN3O3. The molecule has 2 saturated heterocycles. The molecule has 0 saturated carbocycles. The van der Waals surface area contributed by atoms with Gasteiger partial charge in [-0.05, 0) is 43.9 Å². The quantitative estimate of drug-likeness (QED) is 0.734. The molecule has 0 radical (unpaired) electrons. The molecule has 2 fully saturated rings. The van der Waals surface area contributed by atoms with E-state index in [0.717, 1.165) is 12.8 Å². The normalized spacial score (nSPS) is 18.7. The maximum Gasteiger partial charge on any atom is 0.239 e. The topological polar surface area (TPSA) is 75.9 Å². The van der Waals surface area contributed by atoms with Crippen molar-refractivity contribution in [1.82, 2.24) is 4.90 Å². The Kier molecular flexibility index (Phi) is 9.63. The van der Waals surface area contributed by atoms with Gasteiger partial charge in [-0.1, -0.05) is 0 Å². The molecule has 1 unspecified atom stereocenters. The average molecular weight is 436 g/mol. The van der Waals surface area contributed by atoms with E-state index < -0.39 is 11.9 Å². The summed E-state index contributed by atoms with van der Waals surface area (Å²) < 4.78 is 19.6. The summed E-state index contributed by atoms with van der Waals surface area (Å²) in [5, 5.41) is 0. The number of ether oxygens (including phenoxy) is 1. The van der Waals surface area contributed by atoms with Gasteiger partial charge in [-0.25, -0.2) is 4.39 Å². The molecule has 1 aromatic carbocycles. The number of ketones is 1. The number of carbonyl (C=O) groups is 2. The summed E-state index contributed by atoms with van der Waals surface area (Å²) in [7, 11) is 0. The first kappa shape index (κ1) is 24.6. The number of benzene rings is 1. The number of nitrogens with two attached hydrogens (primary N) is 1. The second kappa shape index (κ2) is 11.0. The highest BCUT2D eigenvalue weighted by atomic mass is 35.5. The SMILES string of the molecule is CC(=O)c1ccc(N2CCN(C(=O)C(N)C3CCOCC3)CC2)c(F)c1.Cl.Cl. The van der Waals surface area contributed by atoms with Gasteiger partial charge in [0.05, 0.1) is 11.7 Å². The molecule has 2 N–H and O–H groups in total. The zero-order chi connectivity index (χ0) is 18.7. The smallest absolute Gasteiger partial charge is 0.239 e. The summed E-state index contributed by atoms with van der Waals surface area (Å²) in [5.41, 5.74) is 7.02. The summed E-state index contributed by atoms with van der Waals surface area (Å²) in [5.74, 6) is -0.417. The Morgan fingerprint density at radius 3 is 2.29 bits per heavy atom. The highest BCUT2D eigenvalue weighted by Gasteiger charge is 2.31. The van der Waals surface area contributed by atoms with Gasteiger partial charge in [-0.3, -0.25) is 9.59 Å². The third kappa shape index (κ3) is 5.56. The molecule has 6 nitrogen and oxygen atoms in total. The van der Waals surface area contributed by atoms with Crippen molar-refractivity contribution >= 4 is 42.2 Å². The molecule has 0 aromatic heterocycles. The number of amides is 1. The first-order chi connectivity index (χ1) is 12.5. The lowest BCUT2D eigenvalue weighted by Crippen LogP contribution is -2.55. The zero-order valence-electron chi connectivity index (χ0n) is 15.9. The third-order valence-corrected chi connectivity index (χ3v) is 5.35. The van der Waals surface area contributed by atoms with Crippen LogP contribution in [0.25, 0.3) is 0 Å². The molecule has 1 atom stereocenters. The van der Waals surface area contributed by atoms with Crippen molar-refractivity contribution in [2.24, 2.45) is 11.7 Å². The molecule has 0 aliphatic carbocycles. The number of halogens is 3. The fraction of sp³-hybridized carbons (Fsp3) is 0.579. The van der Waals surface area contributed by atoms with Crippen LogP contribution in [0.4, 0.5) is 10.1 Å². The van der Waals surface area contributed by atoms with E-state index in [0.29, 0.717) is 50.6 Å². The number of rotatable bonds is 4. The van der Waals surface area contributed by atoms with Crippen molar-refractivity contribution < 1.29 is 18.7 Å². The summed E-state index contributed by atoms with van der Waals surface area (Å²) >= 11 is 0. The van der Waals surface area contributed by atoms with Crippen molar-refractivity contribution in [3.8, 4) is 0 Å². The van der Waals surface area contributed by atoms with E-state index in [4.69, 9.17) is 10.5 Å². The summed E-state index contributed by atoms with van der Waals surface area (Å²) in [4.78, 5) is 27.7. The number of piperazine rings is 1. The number of hydrogen-bond acceptors (Lipinski definition) is 5. The van der Waals surface area contributed by atoms with E-state index in [1.807, 2.05) is 4.90 Å². The van der Waals surface area contributed by atoms with Gasteiger partial charge in [0.15, 0.2) is 5.78 Å². The van der Waals surface area contributed by atoms with Crippen LogP contribution >= 0.6 is 24.8 Å². The van der Waals surface area contributed by atoms with Crippen LogP contribution in [0.3, 0.4) is 0 Å². The number of anilines is 1. The molecule has 3 rings (SSSR count). The third-order valence-electron chi connectivity index (χ3n) is 5.35. The van der Waals surface area contributed by atoms with Crippen LogP contribution < -0.4 is 10.6 Å². The second-order valence-electron chi connectivity index (χ2n) is 7.01. The lowest BCUT2D eigenvalue weighted by molar-refractivity contribution is -0.135. The minimum absolute atomic E-state index is 0. The Labute approximate surface area is 177 Å². The minimum atomic E-state index is -0.489. The molecular weight excluding hydrogens is 408 g/mol. The van der Waals surface area contributed by atoms with E-state index in [1.54, 1.807) is 17.0 Å². The predicted octanol–water partition coefficient (Wildman–Crippen LogP) is 2.27. The van der Waals surface area contributed by atoms with Crippen molar-refractivity contribution in [2.45, 2.75) is 25.8 Å². The molecule has 2 heterocycles. The Morgan fingerprint density at radius 1 is 1.14 bits per heavy atom. The van der Waals surface area contributed by atoms with Crippen LogP contribution in [-0.4, -0.2) is 62.0 Å². The molecule has 0 spiro atoms. The van der Waals surface area contributed by atoms with E-state index in [1.165, 1.54) is 13.0 Å². The maximum atomic E-state index is 14.3. The molecule has 0 bridgehead atoms. The van der Waals surface area contributed by atoms with Gasteiger partial charge in [0.2, 0.25) is 5.91 Å². The zero-order valence-corrected chi connectivity index (χ0v) is 17.6. The van der Waals surface area contributed by atoms with Crippen molar-refractivity contribution in [2.75, 3.05) is 44.3 Å². The lowest BCUT2D eigenvalue weighted by atomic mass is 9.91. The number of Topliss-reactive ketones (excluding diaryl/α,β-unsaturated/α-hetero) is 1. The van der Waals surface area contributed by atoms with Gasteiger partial charge in [0.1, 0.15) is 5.82 Å². The standard InChI is InChI=1S/C19H26FN3O3.2ClH/c1-13(24)15-2-3-17(16(20)12-15)22-6-8-23(9-7-22)19(25)18(21)14-4-10-26-11-5-14;;/h2-3,12,14,18H,4-11,21H2,1H3;2*1H. The van der Waals surface area contributed by atoms with Crippen LogP contribution in [0, 0.1) is 11.7 Å². The van der Waals surface area contributed by atoms with E-state index >= 15 is 0 Å².